The van der Waals surface area contributed by atoms with Crippen LogP contribution in [0.1, 0.15) is 17.3 Å². The van der Waals surface area contributed by atoms with E-state index in [2.05, 4.69) is 10.2 Å². The largest absolute Gasteiger partial charge is 0.462 e. The minimum absolute atomic E-state index is 0.315. The van der Waals surface area contributed by atoms with E-state index in [1.807, 2.05) is 36.4 Å². The van der Waals surface area contributed by atoms with Crippen LogP contribution in [-0.2, 0) is 4.74 Å². The van der Waals surface area contributed by atoms with E-state index in [0.29, 0.717) is 12.2 Å². The van der Waals surface area contributed by atoms with Crippen molar-refractivity contribution in [3.8, 4) is 11.3 Å². The van der Waals surface area contributed by atoms with Crippen LogP contribution in [0.2, 0.25) is 0 Å². The zero-order valence-corrected chi connectivity index (χ0v) is 11.1. The van der Waals surface area contributed by atoms with E-state index in [1.165, 1.54) is 0 Å². The lowest BCUT2D eigenvalue weighted by atomic mass is 10.1. The zero-order chi connectivity index (χ0) is 13.9. The van der Waals surface area contributed by atoms with Crippen molar-refractivity contribution in [2.45, 2.75) is 6.92 Å². The summed E-state index contributed by atoms with van der Waals surface area (Å²) in [7, 11) is 0. The van der Waals surface area contributed by atoms with Gasteiger partial charge in [-0.15, -0.1) is 0 Å². The molecule has 2 aromatic carbocycles. The summed E-state index contributed by atoms with van der Waals surface area (Å²) in [4.78, 5) is 11.7. The SMILES string of the molecule is CCOC(=O)c1ccc2c(-c3ccccc3)n[nH]c2c1. The fraction of sp³-hybridized carbons (Fsp3) is 0.125. The van der Waals surface area contributed by atoms with Crippen LogP contribution in [0.4, 0.5) is 0 Å². The molecule has 0 aliphatic heterocycles. The van der Waals surface area contributed by atoms with Gasteiger partial charge in [-0.3, -0.25) is 5.10 Å². The maximum Gasteiger partial charge on any atom is 0.338 e. The molecule has 0 fully saturated rings. The molecular formula is C16H14N2O2. The number of nitrogens with zero attached hydrogens (tertiary/aromatic N) is 1. The molecule has 0 bridgehead atoms. The molecule has 4 nitrogen and oxygen atoms in total. The lowest BCUT2D eigenvalue weighted by Crippen LogP contribution is -2.04. The van der Waals surface area contributed by atoms with Gasteiger partial charge in [-0.2, -0.15) is 5.10 Å². The van der Waals surface area contributed by atoms with Gasteiger partial charge in [0.05, 0.1) is 23.4 Å². The molecule has 3 aromatic rings. The highest BCUT2D eigenvalue weighted by Crippen LogP contribution is 2.26. The fourth-order valence-electron chi connectivity index (χ4n) is 2.18. The van der Waals surface area contributed by atoms with E-state index in [9.17, 15) is 4.79 Å². The van der Waals surface area contributed by atoms with Gasteiger partial charge in [-0.1, -0.05) is 30.3 Å². The van der Waals surface area contributed by atoms with Crippen LogP contribution in [-0.4, -0.2) is 22.8 Å². The maximum absolute atomic E-state index is 11.7. The fourth-order valence-corrected chi connectivity index (χ4v) is 2.18. The number of fused-ring (bicyclic) bond motifs is 1. The summed E-state index contributed by atoms with van der Waals surface area (Å²) in [5.74, 6) is -0.315. The molecule has 0 atom stereocenters. The van der Waals surface area contributed by atoms with Gasteiger partial charge in [0, 0.05) is 10.9 Å². The number of ether oxygens (including phenoxy) is 1. The lowest BCUT2D eigenvalue weighted by molar-refractivity contribution is 0.0526. The second kappa shape index (κ2) is 5.17. The van der Waals surface area contributed by atoms with Crippen molar-refractivity contribution in [1.29, 1.82) is 0 Å². The summed E-state index contributed by atoms with van der Waals surface area (Å²) in [6.07, 6.45) is 0. The van der Waals surface area contributed by atoms with Crippen LogP contribution in [0.15, 0.2) is 48.5 Å². The number of benzene rings is 2. The Morgan fingerprint density at radius 1 is 1.20 bits per heavy atom. The highest BCUT2D eigenvalue weighted by Gasteiger charge is 2.11. The third kappa shape index (κ3) is 2.16. The second-order valence-corrected chi connectivity index (χ2v) is 4.42. The van der Waals surface area contributed by atoms with Gasteiger partial charge in [0.25, 0.3) is 0 Å². The minimum atomic E-state index is -0.315. The van der Waals surface area contributed by atoms with E-state index in [0.717, 1.165) is 22.2 Å². The Hall–Kier alpha value is -2.62. The topological polar surface area (TPSA) is 55.0 Å². The first-order valence-corrected chi connectivity index (χ1v) is 6.50. The Morgan fingerprint density at radius 3 is 2.75 bits per heavy atom. The van der Waals surface area contributed by atoms with Gasteiger partial charge in [0.2, 0.25) is 0 Å². The Morgan fingerprint density at radius 2 is 2.00 bits per heavy atom. The van der Waals surface area contributed by atoms with Gasteiger partial charge >= 0.3 is 5.97 Å². The summed E-state index contributed by atoms with van der Waals surface area (Å²) in [6, 6.07) is 15.4. The molecule has 0 amide bonds. The molecule has 1 aromatic heterocycles. The van der Waals surface area contributed by atoms with Crippen molar-refractivity contribution in [3.05, 3.63) is 54.1 Å². The molecule has 0 saturated carbocycles. The van der Waals surface area contributed by atoms with Crippen molar-refractivity contribution in [2.24, 2.45) is 0 Å². The summed E-state index contributed by atoms with van der Waals surface area (Å²) >= 11 is 0. The lowest BCUT2D eigenvalue weighted by Gasteiger charge is -2.02. The third-order valence-corrected chi connectivity index (χ3v) is 3.12. The number of carbonyl (C=O) groups excluding carboxylic acids is 1. The molecule has 0 unspecified atom stereocenters. The molecular weight excluding hydrogens is 252 g/mol. The third-order valence-electron chi connectivity index (χ3n) is 3.12. The quantitative estimate of drug-likeness (QED) is 0.739. The van der Waals surface area contributed by atoms with Crippen LogP contribution < -0.4 is 0 Å². The average Bonchev–Trinajstić information content (AvgIpc) is 2.91. The van der Waals surface area contributed by atoms with Crippen molar-refractivity contribution >= 4 is 16.9 Å². The minimum Gasteiger partial charge on any atom is -0.462 e. The molecule has 0 spiro atoms. The van der Waals surface area contributed by atoms with Crippen molar-refractivity contribution in [2.75, 3.05) is 6.61 Å². The molecule has 4 heteroatoms. The molecule has 1 N–H and O–H groups in total. The monoisotopic (exact) mass is 266 g/mol. The molecule has 1 heterocycles. The van der Waals surface area contributed by atoms with E-state index < -0.39 is 0 Å². The van der Waals surface area contributed by atoms with Crippen molar-refractivity contribution < 1.29 is 9.53 Å². The summed E-state index contributed by atoms with van der Waals surface area (Å²) < 4.78 is 5.00. The number of aromatic amines is 1. The average molecular weight is 266 g/mol. The van der Waals surface area contributed by atoms with E-state index in [4.69, 9.17) is 4.74 Å². The number of esters is 1. The first-order valence-electron chi connectivity index (χ1n) is 6.50. The number of aromatic nitrogens is 2. The van der Waals surface area contributed by atoms with Gasteiger partial charge in [-0.05, 0) is 25.1 Å². The molecule has 20 heavy (non-hydrogen) atoms. The van der Waals surface area contributed by atoms with Crippen molar-refractivity contribution in [1.82, 2.24) is 10.2 Å². The Bertz CT molecular complexity index is 748. The Balaban J connectivity index is 2.05. The first-order chi connectivity index (χ1) is 9.79. The van der Waals surface area contributed by atoms with Gasteiger partial charge in [0.15, 0.2) is 0 Å². The maximum atomic E-state index is 11.7. The summed E-state index contributed by atoms with van der Waals surface area (Å²) in [6.45, 7) is 2.16. The second-order valence-electron chi connectivity index (χ2n) is 4.42. The smallest absolute Gasteiger partial charge is 0.338 e. The number of rotatable bonds is 3. The number of nitrogens with one attached hydrogen (secondary N) is 1. The van der Waals surface area contributed by atoms with Gasteiger partial charge in [0.1, 0.15) is 0 Å². The molecule has 0 radical (unpaired) electrons. The normalized spacial score (nSPS) is 10.7. The Labute approximate surface area is 116 Å². The van der Waals surface area contributed by atoms with Gasteiger partial charge < -0.3 is 4.74 Å². The van der Waals surface area contributed by atoms with Crippen LogP contribution in [0.3, 0.4) is 0 Å². The Kier molecular flexibility index (Phi) is 3.21. The van der Waals surface area contributed by atoms with Crippen LogP contribution >= 0.6 is 0 Å². The van der Waals surface area contributed by atoms with E-state index >= 15 is 0 Å². The highest BCUT2D eigenvalue weighted by molar-refractivity contribution is 5.98. The predicted octanol–water partition coefficient (Wildman–Crippen LogP) is 3.41. The van der Waals surface area contributed by atoms with E-state index in [-0.39, 0.29) is 5.97 Å². The molecule has 0 aliphatic rings. The first kappa shape index (κ1) is 12.4. The number of H-pyrrole nitrogens is 1. The van der Waals surface area contributed by atoms with Crippen LogP contribution in [0.5, 0.6) is 0 Å². The van der Waals surface area contributed by atoms with Crippen LogP contribution in [0, 0.1) is 0 Å². The molecule has 0 saturated heterocycles. The standard InChI is InChI=1S/C16H14N2O2/c1-2-20-16(19)12-8-9-13-14(10-12)17-18-15(13)11-6-4-3-5-7-11/h3-10H,2H2,1H3,(H,17,18). The zero-order valence-electron chi connectivity index (χ0n) is 11.1. The molecule has 3 rings (SSSR count). The summed E-state index contributed by atoms with van der Waals surface area (Å²) in [5.41, 5.74) is 3.29. The number of hydrogen-bond acceptors (Lipinski definition) is 3. The summed E-state index contributed by atoms with van der Waals surface area (Å²) in [5, 5.41) is 8.29. The number of carbonyl (C=O) groups is 1. The highest BCUT2D eigenvalue weighted by atomic mass is 16.5. The predicted molar refractivity (Wildman–Crippen MR) is 77.5 cm³/mol. The van der Waals surface area contributed by atoms with Crippen molar-refractivity contribution in [3.63, 3.8) is 0 Å². The van der Waals surface area contributed by atoms with Crippen LogP contribution in [0.25, 0.3) is 22.2 Å². The molecule has 100 valence electrons. The molecule has 0 aliphatic carbocycles. The van der Waals surface area contributed by atoms with E-state index in [1.54, 1.807) is 19.1 Å². The number of hydrogen-bond donors (Lipinski definition) is 1. The van der Waals surface area contributed by atoms with Gasteiger partial charge in [-0.25, -0.2) is 4.79 Å².